The van der Waals surface area contributed by atoms with Gasteiger partial charge in [-0.1, -0.05) is 32.6 Å². The van der Waals surface area contributed by atoms with Crippen LogP contribution in [-0.2, 0) is 4.74 Å². The highest BCUT2D eigenvalue weighted by Crippen LogP contribution is 2.37. The third kappa shape index (κ3) is 2.89. The fourth-order valence-corrected chi connectivity index (χ4v) is 4.78. The van der Waals surface area contributed by atoms with E-state index in [1.54, 1.807) is 0 Å². The monoisotopic (exact) mass is 281 g/mol. The Kier molecular flexibility index (Phi) is 4.97. The van der Waals surface area contributed by atoms with Crippen molar-refractivity contribution in [1.29, 1.82) is 0 Å². The van der Waals surface area contributed by atoms with Crippen molar-refractivity contribution in [2.45, 2.75) is 70.1 Å². The molecule has 0 aromatic heterocycles. The van der Waals surface area contributed by atoms with Gasteiger partial charge in [0, 0.05) is 12.6 Å². The molecule has 0 spiro atoms. The van der Waals surface area contributed by atoms with Crippen LogP contribution in [0.1, 0.15) is 51.9 Å². The van der Waals surface area contributed by atoms with E-state index in [4.69, 9.17) is 10.6 Å². The number of fused-ring (bicyclic) bond motifs is 1. The summed E-state index contributed by atoms with van der Waals surface area (Å²) in [5.74, 6) is 7.46. The predicted molar refractivity (Wildman–Crippen MR) is 81.2 cm³/mol. The Morgan fingerprint density at radius 1 is 1.25 bits per heavy atom. The fourth-order valence-electron chi connectivity index (χ4n) is 4.78. The van der Waals surface area contributed by atoms with Crippen LogP contribution in [0.3, 0.4) is 0 Å². The molecule has 0 aromatic carbocycles. The predicted octanol–water partition coefficient (Wildman–Crippen LogP) is 1.90. The first-order valence-electron chi connectivity index (χ1n) is 8.65. The third-order valence-corrected chi connectivity index (χ3v) is 5.96. The van der Waals surface area contributed by atoms with Crippen LogP contribution in [0.4, 0.5) is 0 Å². The summed E-state index contributed by atoms with van der Waals surface area (Å²) in [6.45, 7) is 5.57. The normalized spacial score (nSPS) is 40.5. The number of nitrogens with zero attached hydrogens (tertiary/aromatic N) is 1. The number of ether oxygens (including phenoxy) is 1. The first-order valence-corrected chi connectivity index (χ1v) is 8.65. The molecule has 3 fully saturated rings. The summed E-state index contributed by atoms with van der Waals surface area (Å²) >= 11 is 0. The van der Waals surface area contributed by atoms with E-state index in [2.05, 4.69) is 17.2 Å². The minimum atomic E-state index is 0.284. The topological polar surface area (TPSA) is 50.5 Å². The largest absolute Gasteiger partial charge is 0.374 e. The summed E-state index contributed by atoms with van der Waals surface area (Å²) < 4.78 is 6.21. The lowest BCUT2D eigenvalue weighted by atomic mass is 9.72. The molecule has 1 aliphatic carbocycles. The van der Waals surface area contributed by atoms with Gasteiger partial charge in [0.05, 0.1) is 18.8 Å². The summed E-state index contributed by atoms with van der Waals surface area (Å²) in [5.41, 5.74) is 3.13. The maximum Gasteiger partial charge on any atom is 0.0871 e. The molecule has 3 aliphatic rings. The van der Waals surface area contributed by atoms with Crippen LogP contribution >= 0.6 is 0 Å². The van der Waals surface area contributed by atoms with Crippen LogP contribution < -0.4 is 11.3 Å². The Balaban J connectivity index is 1.65. The Bertz CT molecular complexity index is 312. The minimum absolute atomic E-state index is 0.284. The van der Waals surface area contributed by atoms with Crippen LogP contribution in [0.15, 0.2) is 0 Å². The Hall–Kier alpha value is -0.160. The fraction of sp³-hybridized carbons (Fsp3) is 1.00. The van der Waals surface area contributed by atoms with Gasteiger partial charge < -0.3 is 4.74 Å². The molecule has 2 saturated heterocycles. The van der Waals surface area contributed by atoms with E-state index >= 15 is 0 Å². The minimum Gasteiger partial charge on any atom is -0.374 e. The van der Waals surface area contributed by atoms with Crippen LogP contribution in [0, 0.1) is 11.8 Å². The highest BCUT2D eigenvalue weighted by molar-refractivity contribution is 4.94. The lowest BCUT2D eigenvalue weighted by Crippen LogP contribution is -2.59. The number of morpholine rings is 1. The van der Waals surface area contributed by atoms with Crippen molar-refractivity contribution >= 4 is 0 Å². The Morgan fingerprint density at radius 2 is 2.10 bits per heavy atom. The molecule has 20 heavy (non-hydrogen) atoms. The van der Waals surface area contributed by atoms with Crippen molar-refractivity contribution in [3.05, 3.63) is 0 Å². The van der Waals surface area contributed by atoms with Crippen molar-refractivity contribution in [3.63, 3.8) is 0 Å². The average Bonchev–Trinajstić information content (AvgIpc) is 2.96. The van der Waals surface area contributed by atoms with Gasteiger partial charge in [-0.2, -0.15) is 0 Å². The molecular weight excluding hydrogens is 250 g/mol. The molecule has 116 valence electrons. The van der Waals surface area contributed by atoms with E-state index < -0.39 is 0 Å². The lowest BCUT2D eigenvalue weighted by molar-refractivity contribution is -0.0809. The second-order valence-electron chi connectivity index (χ2n) is 6.97. The summed E-state index contributed by atoms with van der Waals surface area (Å²) in [6.07, 6.45) is 9.66. The Morgan fingerprint density at radius 3 is 2.90 bits per heavy atom. The van der Waals surface area contributed by atoms with Gasteiger partial charge in [-0.05, 0) is 37.6 Å². The molecule has 0 amide bonds. The van der Waals surface area contributed by atoms with Crippen molar-refractivity contribution < 1.29 is 4.74 Å². The van der Waals surface area contributed by atoms with Gasteiger partial charge in [0.1, 0.15) is 0 Å². The van der Waals surface area contributed by atoms with Crippen molar-refractivity contribution in [2.24, 2.45) is 17.7 Å². The maximum atomic E-state index is 6.21. The van der Waals surface area contributed by atoms with Crippen molar-refractivity contribution in [3.8, 4) is 0 Å². The summed E-state index contributed by atoms with van der Waals surface area (Å²) in [5, 5.41) is 0. The van der Waals surface area contributed by atoms with E-state index in [9.17, 15) is 0 Å². The zero-order valence-electron chi connectivity index (χ0n) is 12.9. The summed E-state index contributed by atoms with van der Waals surface area (Å²) in [4.78, 5) is 2.63. The van der Waals surface area contributed by atoms with Crippen molar-refractivity contribution in [2.75, 3.05) is 19.7 Å². The number of hydrogen-bond donors (Lipinski definition) is 2. The quantitative estimate of drug-likeness (QED) is 0.610. The van der Waals surface area contributed by atoms with Crippen LogP contribution in [-0.4, -0.2) is 42.8 Å². The van der Waals surface area contributed by atoms with Gasteiger partial charge in [-0.25, -0.2) is 0 Å². The molecule has 2 aliphatic heterocycles. The highest BCUT2D eigenvalue weighted by Gasteiger charge is 2.40. The lowest BCUT2D eigenvalue weighted by Gasteiger charge is -2.44. The number of nitrogens with two attached hydrogens (primary N) is 1. The van der Waals surface area contributed by atoms with Crippen molar-refractivity contribution in [1.82, 2.24) is 10.3 Å². The summed E-state index contributed by atoms with van der Waals surface area (Å²) in [7, 11) is 0. The second kappa shape index (κ2) is 6.73. The molecule has 2 heterocycles. The van der Waals surface area contributed by atoms with Gasteiger partial charge in [0.25, 0.3) is 0 Å². The van der Waals surface area contributed by atoms with Gasteiger partial charge in [-0.15, -0.1) is 0 Å². The van der Waals surface area contributed by atoms with E-state index in [0.29, 0.717) is 18.0 Å². The molecule has 0 bridgehead atoms. The standard InChI is InChI=1S/C16H31N3O/c1-2-12-6-3-4-8-14(12)16(18-17)15-10-19-9-5-7-13(19)11-20-15/h12-16,18H,2-11,17H2,1H3. The van der Waals surface area contributed by atoms with E-state index in [1.165, 1.54) is 51.5 Å². The van der Waals surface area contributed by atoms with E-state index in [-0.39, 0.29) is 6.10 Å². The number of rotatable bonds is 4. The molecule has 4 nitrogen and oxygen atoms in total. The average molecular weight is 281 g/mol. The second-order valence-corrected chi connectivity index (χ2v) is 6.97. The zero-order chi connectivity index (χ0) is 13.9. The zero-order valence-corrected chi connectivity index (χ0v) is 12.9. The molecule has 5 unspecified atom stereocenters. The van der Waals surface area contributed by atoms with Gasteiger partial charge in [0.15, 0.2) is 0 Å². The molecule has 5 atom stereocenters. The first-order chi connectivity index (χ1) is 9.83. The van der Waals surface area contributed by atoms with E-state index in [0.717, 1.165) is 19.1 Å². The van der Waals surface area contributed by atoms with E-state index in [1.807, 2.05) is 0 Å². The first kappa shape index (κ1) is 14.8. The smallest absolute Gasteiger partial charge is 0.0871 e. The summed E-state index contributed by atoms with van der Waals surface area (Å²) in [6, 6.07) is 1.01. The molecule has 0 radical (unpaired) electrons. The number of nitrogens with one attached hydrogen (secondary N) is 1. The molecule has 1 saturated carbocycles. The molecule has 4 heteroatoms. The Labute approximate surface area is 123 Å². The molecule has 3 rings (SSSR count). The molecule has 3 N–H and O–H groups in total. The van der Waals surface area contributed by atoms with Crippen LogP contribution in [0.25, 0.3) is 0 Å². The maximum absolute atomic E-state index is 6.21. The third-order valence-electron chi connectivity index (χ3n) is 5.96. The number of hydrazine groups is 1. The van der Waals surface area contributed by atoms with Gasteiger partial charge in [0.2, 0.25) is 0 Å². The number of hydrogen-bond acceptors (Lipinski definition) is 4. The van der Waals surface area contributed by atoms with Crippen LogP contribution in [0.5, 0.6) is 0 Å². The molecular formula is C16H31N3O. The molecule has 0 aromatic rings. The van der Waals surface area contributed by atoms with Gasteiger partial charge >= 0.3 is 0 Å². The van der Waals surface area contributed by atoms with Gasteiger partial charge in [-0.3, -0.25) is 16.2 Å². The van der Waals surface area contributed by atoms with Crippen LogP contribution in [0.2, 0.25) is 0 Å². The SMILES string of the molecule is CCC1CCCCC1C(NN)C1CN2CCCC2CO1. The highest BCUT2D eigenvalue weighted by atomic mass is 16.5.